The highest BCUT2D eigenvalue weighted by molar-refractivity contribution is 6.46. The van der Waals surface area contributed by atoms with E-state index in [1.807, 2.05) is 6.07 Å². The summed E-state index contributed by atoms with van der Waals surface area (Å²) >= 11 is 6.11. The third-order valence-corrected chi connectivity index (χ3v) is 4.97. The van der Waals surface area contributed by atoms with Crippen LogP contribution in [0.2, 0.25) is 5.02 Å². The lowest BCUT2D eigenvalue weighted by molar-refractivity contribution is 0.0676. The molecule has 1 aliphatic heterocycles. The van der Waals surface area contributed by atoms with Crippen LogP contribution in [-0.4, -0.2) is 41.3 Å². The minimum Gasteiger partial charge on any atom is -0.470 e. The molecular formula is C24H22ClFN4O4. The monoisotopic (exact) mass is 484 g/mol. The summed E-state index contributed by atoms with van der Waals surface area (Å²) in [4.78, 5) is 17.6. The van der Waals surface area contributed by atoms with Gasteiger partial charge < -0.3 is 19.0 Å². The topological polar surface area (TPSA) is 87.4 Å². The van der Waals surface area contributed by atoms with Gasteiger partial charge in [-0.25, -0.2) is 0 Å². The van der Waals surface area contributed by atoms with Crippen molar-refractivity contribution in [1.29, 1.82) is 0 Å². The van der Waals surface area contributed by atoms with Crippen molar-refractivity contribution in [2.75, 3.05) is 19.8 Å². The van der Waals surface area contributed by atoms with Gasteiger partial charge in [-0.15, -0.1) is 0 Å². The average Bonchev–Trinajstić information content (AvgIpc) is 2.87. The molecule has 1 aromatic heterocycles. The minimum absolute atomic E-state index is 0.240. The lowest BCUT2D eigenvalue weighted by Crippen LogP contribution is -2.26. The van der Waals surface area contributed by atoms with Crippen LogP contribution in [0.4, 0.5) is 4.39 Å². The van der Waals surface area contributed by atoms with E-state index < -0.39 is 5.82 Å². The van der Waals surface area contributed by atoms with Crippen LogP contribution in [0.15, 0.2) is 65.0 Å². The smallest absolute Gasteiger partial charge is 0.276 e. The fraction of sp³-hybridized carbons (Fsp3) is 0.250. The first kappa shape index (κ1) is 23.4. The van der Waals surface area contributed by atoms with Gasteiger partial charge in [0.05, 0.1) is 5.02 Å². The summed E-state index contributed by atoms with van der Waals surface area (Å²) in [5, 5.41) is 4.31. The van der Waals surface area contributed by atoms with Crippen molar-refractivity contribution in [2.24, 2.45) is 10.1 Å². The summed E-state index contributed by atoms with van der Waals surface area (Å²) < 4.78 is 32.2. The van der Waals surface area contributed by atoms with E-state index in [4.69, 9.17) is 30.6 Å². The Morgan fingerprint density at radius 3 is 2.44 bits per heavy atom. The SMILES string of the molecule is CCCCN=C(C1=NOCCO1)c1ccccc1Oc1ncnc(Oc2ccccc2Cl)c1F. The molecule has 0 saturated carbocycles. The van der Waals surface area contributed by atoms with Crippen molar-refractivity contribution in [2.45, 2.75) is 19.8 Å². The van der Waals surface area contributed by atoms with Crippen molar-refractivity contribution in [3.05, 3.63) is 71.3 Å². The van der Waals surface area contributed by atoms with Crippen molar-refractivity contribution < 1.29 is 23.4 Å². The first-order chi connectivity index (χ1) is 16.7. The standard InChI is InChI=1S/C24H22ClFN4O4/c1-2-3-12-27-21(24-30-32-14-13-31-24)16-8-4-6-10-18(16)33-22-20(26)23(29-15-28-22)34-19-11-7-5-9-17(19)25/h4-11,15H,2-3,12-14H2,1H3. The zero-order valence-electron chi connectivity index (χ0n) is 18.4. The second kappa shape index (κ2) is 11.4. The van der Waals surface area contributed by atoms with Gasteiger partial charge in [-0.3, -0.25) is 4.99 Å². The predicted molar refractivity (Wildman–Crippen MR) is 126 cm³/mol. The Kier molecular flexibility index (Phi) is 7.87. The molecule has 2 aromatic carbocycles. The molecule has 2 heterocycles. The molecule has 8 nitrogen and oxygen atoms in total. The van der Waals surface area contributed by atoms with Gasteiger partial charge in [0.2, 0.25) is 5.82 Å². The molecule has 0 atom stereocenters. The van der Waals surface area contributed by atoms with Gasteiger partial charge in [0.15, 0.2) is 6.61 Å². The molecule has 0 amide bonds. The van der Waals surface area contributed by atoms with Crippen LogP contribution in [-0.2, 0) is 9.57 Å². The normalized spacial score (nSPS) is 13.5. The van der Waals surface area contributed by atoms with Crippen LogP contribution in [0.3, 0.4) is 0 Å². The lowest BCUT2D eigenvalue weighted by atomic mass is 10.1. The third kappa shape index (κ3) is 5.60. The fourth-order valence-corrected chi connectivity index (χ4v) is 3.18. The third-order valence-electron chi connectivity index (χ3n) is 4.66. The molecule has 1 aliphatic rings. The number of aromatic nitrogens is 2. The van der Waals surface area contributed by atoms with Crippen molar-refractivity contribution in [3.8, 4) is 23.3 Å². The molecule has 0 unspecified atom stereocenters. The number of ether oxygens (including phenoxy) is 3. The molecule has 176 valence electrons. The molecular weight excluding hydrogens is 463 g/mol. The Balaban J connectivity index is 1.66. The van der Waals surface area contributed by atoms with Gasteiger partial charge >= 0.3 is 0 Å². The Labute approximate surface area is 201 Å². The summed E-state index contributed by atoms with van der Waals surface area (Å²) in [5.41, 5.74) is 1.00. The van der Waals surface area contributed by atoms with E-state index in [9.17, 15) is 0 Å². The van der Waals surface area contributed by atoms with Crippen molar-refractivity contribution in [1.82, 2.24) is 9.97 Å². The first-order valence-electron chi connectivity index (χ1n) is 10.7. The van der Waals surface area contributed by atoms with Crippen LogP contribution in [0.5, 0.6) is 23.3 Å². The lowest BCUT2D eigenvalue weighted by Gasteiger charge is -2.17. The molecule has 10 heteroatoms. The van der Waals surface area contributed by atoms with E-state index in [-0.39, 0.29) is 23.4 Å². The largest absolute Gasteiger partial charge is 0.470 e. The van der Waals surface area contributed by atoms with Crippen LogP contribution in [0, 0.1) is 5.82 Å². The Bertz CT molecular complexity index is 1210. The quantitative estimate of drug-likeness (QED) is 0.281. The van der Waals surface area contributed by atoms with Gasteiger partial charge in [-0.05, 0) is 35.8 Å². The van der Waals surface area contributed by atoms with Gasteiger partial charge in [0.25, 0.3) is 17.7 Å². The molecule has 34 heavy (non-hydrogen) atoms. The molecule has 0 N–H and O–H groups in total. The van der Waals surface area contributed by atoms with E-state index in [1.165, 1.54) is 0 Å². The minimum atomic E-state index is -0.878. The number of aliphatic imine (C=N–C) groups is 1. The number of halogens is 2. The maximum Gasteiger partial charge on any atom is 0.276 e. The molecule has 3 aromatic rings. The van der Waals surface area contributed by atoms with Gasteiger partial charge in [-0.1, -0.05) is 49.2 Å². The number of benzene rings is 2. The maximum absolute atomic E-state index is 15.2. The highest BCUT2D eigenvalue weighted by atomic mass is 35.5. The molecule has 0 saturated heterocycles. The van der Waals surface area contributed by atoms with Crippen molar-refractivity contribution in [3.63, 3.8) is 0 Å². The number of oxime groups is 1. The molecule has 0 spiro atoms. The zero-order chi connectivity index (χ0) is 23.8. The predicted octanol–water partition coefficient (Wildman–Crippen LogP) is 5.80. The Hall–Kier alpha value is -3.72. The van der Waals surface area contributed by atoms with Gasteiger partial charge in [-0.2, -0.15) is 14.4 Å². The van der Waals surface area contributed by atoms with Crippen molar-refractivity contribution >= 4 is 23.2 Å². The average molecular weight is 485 g/mol. The summed E-state index contributed by atoms with van der Waals surface area (Å²) in [6, 6.07) is 13.7. The number of para-hydroxylation sites is 2. The van der Waals surface area contributed by atoms with E-state index in [0.717, 1.165) is 19.2 Å². The number of rotatable bonds is 9. The molecule has 0 radical (unpaired) electrons. The number of hydrogen-bond donors (Lipinski definition) is 0. The molecule has 0 fully saturated rings. The van der Waals surface area contributed by atoms with Gasteiger partial charge in [0.1, 0.15) is 30.1 Å². The molecule has 4 rings (SSSR count). The molecule has 0 aliphatic carbocycles. The summed E-state index contributed by atoms with van der Waals surface area (Å²) in [5.74, 6) is -0.719. The summed E-state index contributed by atoms with van der Waals surface area (Å²) in [6.45, 7) is 3.33. The van der Waals surface area contributed by atoms with E-state index in [1.54, 1.807) is 42.5 Å². The zero-order valence-corrected chi connectivity index (χ0v) is 19.2. The second-order valence-electron chi connectivity index (χ2n) is 7.09. The Morgan fingerprint density at radius 2 is 1.74 bits per heavy atom. The van der Waals surface area contributed by atoms with Gasteiger partial charge in [0, 0.05) is 12.1 Å². The molecule has 0 bridgehead atoms. The number of nitrogens with zero attached hydrogens (tertiary/aromatic N) is 4. The highest BCUT2D eigenvalue weighted by Crippen LogP contribution is 2.33. The summed E-state index contributed by atoms with van der Waals surface area (Å²) in [7, 11) is 0. The fourth-order valence-electron chi connectivity index (χ4n) is 3.00. The van der Waals surface area contributed by atoms with Crippen LogP contribution < -0.4 is 9.47 Å². The number of hydrogen-bond acceptors (Lipinski definition) is 8. The van der Waals surface area contributed by atoms with Crippen LogP contribution >= 0.6 is 11.6 Å². The van der Waals surface area contributed by atoms with E-state index in [0.29, 0.717) is 41.8 Å². The summed E-state index contributed by atoms with van der Waals surface area (Å²) in [6.07, 6.45) is 2.99. The Morgan fingerprint density at radius 1 is 1.03 bits per heavy atom. The second-order valence-corrected chi connectivity index (χ2v) is 7.50. The van der Waals surface area contributed by atoms with Crippen LogP contribution in [0.25, 0.3) is 0 Å². The first-order valence-corrected chi connectivity index (χ1v) is 11.1. The van der Waals surface area contributed by atoms with Crippen LogP contribution in [0.1, 0.15) is 25.3 Å². The highest BCUT2D eigenvalue weighted by Gasteiger charge is 2.23. The van der Waals surface area contributed by atoms with E-state index >= 15 is 4.39 Å². The van der Waals surface area contributed by atoms with E-state index in [2.05, 4.69) is 27.0 Å². The number of unbranched alkanes of at least 4 members (excludes halogenated alkanes) is 1. The maximum atomic E-state index is 15.2.